The third-order valence-electron chi connectivity index (χ3n) is 3.92. The minimum absolute atomic E-state index is 0.131. The molecular formula is C16H14F3N3O5S. The van der Waals surface area contributed by atoms with Gasteiger partial charge in [-0.3, -0.25) is 4.79 Å². The Morgan fingerprint density at radius 3 is 2.32 bits per heavy atom. The van der Waals surface area contributed by atoms with Crippen LogP contribution in [0.1, 0.15) is 10.5 Å². The molecule has 28 heavy (non-hydrogen) atoms. The first-order valence-electron chi connectivity index (χ1n) is 7.81. The SMILES string of the molecule is Nc1cc(S(=O)(=O)c2ccc(OC(F)(F)F)cc2)cnc1C(=O)N1CC(O)C1. The van der Waals surface area contributed by atoms with Crippen LogP contribution in [-0.2, 0) is 9.84 Å². The Bertz CT molecular complexity index is 1000. The number of nitrogen functional groups attached to an aromatic ring is 1. The number of aliphatic hydroxyl groups is 1. The molecule has 1 saturated heterocycles. The standard InChI is InChI=1S/C16H14F3N3O5S/c17-16(18,19)27-10-1-3-11(4-2-10)28(25,26)12-5-13(20)14(21-6-12)15(24)22-7-9(23)8-22/h1-6,9,23H,7-8,20H2. The van der Waals surface area contributed by atoms with Crippen LogP contribution in [0.2, 0.25) is 0 Å². The molecule has 1 aromatic carbocycles. The number of sulfone groups is 1. The van der Waals surface area contributed by atoms with Crippen LogP contribution in [0.15, 0.2) is 46.3 Å². The molecule has 1 amide bonds. The number of nitrogens with two attached hydrogens (primary N) is 1. The average Bonchev–Trinajstić information content (AvgIpc) is 2.57. The van der Waals surface area contributed by atoms with Gasteiger partial charge in [-0.15, -0.1) is 13.2 Å². The van der Waals surface area contributed by atoms with Gasteiger partial charge >= 0.3 is 6.36 Å². The molecule has 0 bridgehead atoms. The minimum atomic E-state index is -4.90. The fourth-order valence-corrected chi connectivity index (χ4v) is 3.75. The average molecular weight is 417 g/mol. The van der Waals surface area contributed by atoms with Gasteiger partial charge in [0, 0.05) is 19.3 Å². The zero-order chi connectivity index (χ0) is 20.7. The second-order valence-electron chi connectivity index (χ2n) is 6.00. The molecule has 1 aliphatic heterocycles. The summed E-state index contributed by atoms with van der Waals surface area (Å²) in [7, 11) is -4.13. The van der Waals surface area contributed by atoms with Gasteiger partial charge in [0.1, 0.15) is 5.75 Å². The molecule has 0 saturated carbocycles. The molecule has 12 heteroatoms. The number of carbonyl (C=O) groups excluding carboxylic acids is 1. The number of carbonyl (C=O) groups is 1. The summed E-state index contributed by atoms with van der Waals surface area (Å²) in [5.74, 6) is -1.11. The minimum Gasteiger partial charge on any atom is -0.406 e. The summed E-state index contributed by atoms with van der Waals surface area (Å²) >= 11 is 0. The molecule has 0 aliphatic carbocycles. The van der Waals surface area contributed by atoms with Crippen molar-refractivity contribution in [2.24, 2.45) is 0 Å². The lowest BCUT2D eigenvalue weighted by molar-refractivity contribution is -0.274. The summed E-state index contributed by atoms with van der Waals surface area (Å²) in [6.07, 6.45) is -4.57. The van der Waals surface area contributed by atoms with E-state index in [0.29, 0.717) is 0 Å². The number of amides is 1. The lowest BCUT2D eigenvalue weighted by Gasteiger charge is -2.35. The smallest absolute Gasteiger partial charge is 0.406 e. The maximum atomic E-state index is 12.6. The fourth-order valence-electron chi connectivity index (χ4n) is 2.51. The van der Waals surface area contributed by atoms with Crippen molar-refractivity contribution in [1.29, 1.82) is 0 Å². The van der Waals surface area contributed by atoms with Crippen molar-refractivity contribution >= 4 is 21.4 Å². The number of hydrogen-bond donors (Lipinski definition) is 2. The highest BCUT2D eigenvalue weighted by molar-refractivity contribution is 7.91. The molecule has 0 spiro atoms. The highest BCUT2D eigenvalue weighted by Crippen LogP contribution is 2.28. The van der Waals surface area contributed by atoms with Gasteiger partial charge in [0.25, 0.3) is 5.91 Å². The maximum absolute atomic E-state index is 12.6. The number of benzene rings is 1. The lowest BCUT2D eigenvalue weighted by Crippen LogP contribution is -2.53. The van der Waals surface area contributed by atoms with Crippen molar-refractivity contribution < 1.29 is 36.2 Å². The predicted molar refractivity (Wildman–Crippen MR) is 89.1 cm³/mol. The van der Waals surface area contributed by atoms with Crippen molar-refractivity contribution in [3.63, 3.8) is 0 Å². The number of rotatable bonds is 4. The van der Waals surface area contributed by atoms with Gasteiger partial charge in [0.05, 0.1) is 21.6 Å². The van der Waals surface area contributed by atoms with E-state index < -0.39 is 34.0 Å². The van der Waals surface area contributed by atoms with Crippen LogP contribution in [0.4, 0.5) is 18.9 Å². The summed E-state index contributed by atoms with van der Waals surface area (Å²) in [5.41, 5.74) is 5.43. The molecule has 1 aliphatic rings. The molecule has 0 unspecified atom stereocenters. The first-order chi connectivity index (χ1) is 13.0. The van der Waals surface area contributed by atoms with Crippen LogP contribution in [-0.4, -0.2) is 54.9 Å². The van der Waals surface area contributed by atoms with E-state index in [2.05, 4.69) is 9.72 Å². The molecule has 2 heterocycles. The Morgan fingerprint density at radius 1 is 1.21 bits per heavy atom. The Kier molecular flexibility index (Phi) is 4.93. The number of nitrogens with zero attached hydrogens (tertiary/aromatic N) is 2. The van der Waals surface area contributed by atoms with E-state index in [1.165, 1.54) is 4.90 Å². The number of β-amino-alcohol motifs (C(OH)–C–C–N with tert-alkyl or cyclic N) is 1. The monoisotopic (exact) mass is 417 g/mol. The molecule has 3 N–H and O–H groups in total. The van der Waals surface area contributed by atoms with Crippen molar-refractivity contribution in [3.8, 4) is 5.75 Å². The van der Waals surface area contributed by atoms with E-state index in [9.17, 15) is 31.5 Å². The van der Waals surface area contributed by atoms with Crippen LogP contribution in [0.5, 0.6) is 5.75 Å². The lowest BCUT2D eigenvalue weighted by atomic mass is 10.1. The van der Waals surface area contributed by atoms with Crippen molar-refractivity contribution in [3.05, 3.63) is 42.2 Å². The van der Waals surface area contributed by atoms with Crippen LogP contribution in [0, 0.1) is 0 Å². The maximum Gasteiger partial charge on any atom is 0.573 e. The van der Waals surface area contributed by atoms with Crippen LogP contribution >= 0.6 is 0 Å². The number of aliphatic hydroxyl groups excluding tert-OH is 1. The predicted octanol–water partition coefficient (Wildman–Crippen LogP) is 1.21. The summed E-state index contributed by atoms with van der Waals surface area (Å²) < 4.78 is 65.5. The summed E-state index contributed by atoms with van der Waals surface area (Å²) in [4.78, 5) is 16.7. The summed E-state index contributed by atoms with van der Waals surface area (Å²) in [6.45, 7) is 0.263. The van der Waals surface area contributed by atoms with Gasteiger partial charge in [-0.25, -0.2) is 13.4 Å². The zero-order valence-electron chi connectivity index (χ0n) is 14.0. The Balaban J connectivity index is 1.84. The van der Waals surface area contributed by atoms with Crippen molar-refractivity contribution in [2.75, 3.05) is 18.8 Å². The Labute approximate surface area is 157 Å². The molecule has 1 fully saturated rings. The molecule has 0 radical (unpaired) electrons. The molecule has 150 valence electrons. The number of hydrogen-bond acceptors (Lipinski definition) is 7. The van der Waals surface area contributed by atoms with E-state index in [0.717, 1.165) is 36.5 Å². The van der Waals surface area contributed by atoms with Crippen LogP contribution < -0.4 is 10.5 Å². The number of pyridine rings is 1. The van der Waals surface area contributed by atoms with Gasteiger partial charge in [0.15, 0.2) is 5.69 Å². The Hall–Kier alpha value is -2.86. The fraction of sp³-hybridized carbons (Fsp3) is 0.250. The highest BCUT2D eigenvalue weighted by atomic mass is 32.2. The number of likely N-dealkylation sites (tertiary alicyclic amines) is 1. The third-order valence-corrected chi connectivity index (χ3v) is 5.66. The van der Waals surface area contributed by atoms with Crippen LogP contribution in [0.25, 0.3) is 0 Å². The second kappa shape index (κ2) is 6.95. The van der Waals surface area contributed by atoms with Gasteiger partial charge in [-0.2, -0.15) is 0 Å². The van der Waals surface area contributed by atoms with E-state index in [4.69, 9.17) is 5.73 Å². The molecular weight excluding hydrogens is 403 g/mol. The topological polar surface area (TPSA) is 123 Å². The van der Waals surface area contributed by atoms with Crippen molar-refractivity contribution in [1.82, 2.24) is 9.88 Å². The normalized spacial score (nSPS) is 15.2. The first-order valence-corrected chi connectivity index (χ1v) is 9.29. The number of aromatic nitrogens is 1. The van der Waals surface area contributed by atoms with Crippen molar-refractivity contribution in [2.45, 2.75) is 22.3 Å². The molecule has 0 atom stereocenters. The quantitative estimate of drug-likeness (QED) is 0.767. The first kappa shape index (κ1) is 19.9. The van der Waals surface area contributed by atoms with E-state index >= 15 is 0 Å². The molecule has 8 nitrogen and oxygen atoms in total. The van der Waals surface area contributed by atoms with E-state index in [1.807, 2.05) is 0 Å². The van der Waals surface area contributed by atoms with Gasteiger partial charge < -0.3 is 20.5 Å². The highest BCUT2D eigenvalue weighted by Gasteiger charge is 2.32. The molecule has 3 rings (SSSR count). The second-order valence-corrected chi connectivity index (χ2v) is 7.95. The summed E-state index contributed by atoms with van der Waals surface area (Å²) in [6, 6.07) is 4.68. The molecule has 2 aromatic rings. The number of halogens is 3. The Morgan fingerprint density at radius 2 is 1.82 bits per heavy atom. The summed E-state index contributed by atoms with van der Waals surface area (Å²) in [5, 5.41) is 9.25. The van der Waals surface area contributed by atoms with Gasteiger partial charge in [-0.05, 0) is 30.3 Å². The number of anilines is 1. The third kappa shape index (κ3) is 4.02. The van der Waals surface area contributed by atoms with Gasteiger partial charge in [0.2, 0.25) is 9.84 Å². The van der Waals surface area contributed by atoms with Crippen LogP contribution in [0.3, 0.4) is 0 Å². The van der Waals surface area contributed by atoms with E-state index in [1.54, 1.807) is 0 Å². The number of alkyl halides is 3. The molecule has 1 aromatic heterocycles. The number of ether oxygens (including phenoxy) is 1. The van der Waals surface area contributed by atoms with Gasteiger partial charge in [-0.1, -0.05) is 0 Å². The zero-order valence-corrected chi connectivity index (χ0v) is 14.9. The van der Waals surface area contributed by atoms with E-state index in [-0.39, 0.29) is 34.3 Å². The largest absolute Gasteiger partial charge is 0.573 e.